The Morgan fingerprint density at radius 3 is 2.74 bits per heavy atom. The summed E-state index contributed by atoms with van der Waals surface area (Å²) in [7, 11) is 0. The molecule has 3 N–H and O–H groups in total. The van der Waals surface area contributed by atoms with Crippen LogP contribution in [-0.2, 0) is 4.79 Å². The molecule has 2 rings (SSSR count). The Balaban J connectivity index is 2.22. The van der Waals surface area contributed by atoms with E-state index in [1.807, 2.05) is 0 Å². The van der Waals surface area contributed by atoms with Crippen LogP contribution in [0, 0.1) is 12.7 Å². The number of halogens is 1. The molecule has 0 saturated carbocycles. The molecule has 1 aromatic carbocycles. The lowest BCUT2D eigenvalue weighted by Gasteiger charge is -2.20. The van der Waals surface area contributed by atoms with Gasteiger partial charge in [0.2, 0.25) is 0 Å². The SMILES string of the molecule is Cc1ccc(F)c(C(=O)N2CCC(N)(C(=O)O)C2)c1. The molecule has 1 amide bonds. The zero-order chi connectivity index (χ0) is 14.2. The van der Waals surface area contributed by atoms with Crippen molar-refractivity contribution in [1.82, 2.24) is 4.90 Å². The largest absolute Gasteiger partial charge is 0.480 e. The molecule has 1 aromatic rings. The number of rotatable bonds is 2. The Labute approximate surface area is 109 Å². The molecule has 5 nitrogen and oxygen atoms in total. The molecular weight excluding hydrogens is 251 g/mol. The van der Waals surface area contributed by atoms with Gasteiger partial charge in [-0.15, -0.1) is 0 Å². The van der Waals surface area contributed by atoms with Gasteiger partial charge in [0.1, 0.15) is 11.4 Å². The first-order valence-corrected chi connectivity index (χ1v) is 5.91. The number of amides is 1. The Morgan fingerprint density at radius 1 is 1.47 bits per heavy atom. The number of aryl methyl sites for hydroxylation is 1. The van der Waals surface area contributed by atoms with Gasteiger partial charge in [0.25, 0.3) is 5.91 Å². The lowest BCUT2D eigenvalue weighted by Crippen LogP contribution is -2.50. The van der Waals surface area contributed by atoms with Crippen molar-refractivity contribution in [3.63, 3.8) is 0 Å². The van der Waals surface area contributed by atoms with E-state index in [1.165, 1.54) is 17.0 Å². The van der Waals surface area contributed by atoms with E-state index in [0.717, 1.165) is 5.56 Å². The van der Waals surface area contributed by atoms with Crippen molar-refractivity contribution in [3.8, 4) is 0 Å². The van der Waals surface area contributed by atoms with Crippen molar-refractivity contribution < 1.29 is 19.1 Å². The number of carboxylic acid groups (broad SMARTS) is 1. The molecule has 1 aliphatic heterocycles. The van der Waals surface area contributed by atoms with Crippen LogP contribution in [0.2, 0.25) is 0 Å². The monoisotopic (exact) mass is 266 g/mol. The van der Waals surface area contributed by atoms with Crippen LogP contribution in [0.3, 0.4) is 0 Å². The first kappa shape index (κ1) is 13.5. The molecular formula is C13H15FN2O3. The lowest BCUT2D eigenvalue weighted by molar-refractivity contribution is -0.142. The fraction of sp³-hybridized carbons (Fsp3) is 0.385. The van der Waals surface area contributed by atoms with E-state index >= 15 is 0 Å². The van der Waals surface area contributed by atoms with Crippen LogP contribution < -0.4 is 5.73 Å². The lowest BCUT2D eigenvalue weighted by atomic mass is 10.0. The second-order valence-electron chi connectivity index (χ2n) is 4.92. The molecule has 1 heterocycles. The molecule has 0 bridgehead atoms. The number of carboxylic acids is 1. The standard InChI is InChI=1S/C13H15FN2O3/c1-8-2-3-10(14)9(6-8)11(17)16-5-4-13(15,7-16)12(18)19/h2-3,6H,4-5,7,15H2,1H3,(H,18,19). The van der Waals surface area contributed by atoms with E-state index in [0.29, 0.717) is 0 Å². The molecule has 1 atom stereocenters. The summed E-state index contributed by atoms with van der Waals surface area (Å²) in [5.41, 5.74) is 4.97. The number of carbonyl (C=O) groups excluding carboxylic acids is 1. The van der Waals surface area contributed by atoms with Crippen molar-refractivity contribution >= 4 is 11.9 Å². The number of likely N-dealkylation sites (tertiary alicyclic amines) is 1. The first-order valence-electron chi connectivity index (χ1n) is 5.91. The highest BCUT2D eigenvalue weighted by molar-refractivity contribution is 5.95. The van der Waals surface area contributed by atoms with Gasteiger partial charge in [-0.05, 0) is 25.5 Å². The number of nitrogens with two attached hydrogens (primary N) is 1. The highest BCUT2D eigenvalue weighted by atomic mass is 19.1. The summed E-state index contributed by atoms with van der Waals surface area (Å²) in [5, 5.41) is 9.00. The summed E-state index contributed by atoms with van der Waals surface area (Å²) in [4.78, 5) is 24.5. The van der Waals surface area contributed by atoms with E-state index in [-0.39, 0.29) is 25.1 Å². The van der Waals surface area contributed by atoms with Gasteiger partial charge in [0.05, 0.1) is 5.56 Å². The van der Waals surface area contributed by atoms with Crippen LogP contribution >= 0.6 is 0 Å². The second-order valence-corrected chi connectivity index (χ2v) is 4.92. The minimum Gasteiger partial charge on any atom is -0.480 e. The summed E-state index contributed by atoms with van der Waals surface area (Å²) < 4.78 is 13.6. The zero-order valence-electron chi connectivity index (χ0n) is 10.5. The van der Waals surface area contributed by atoms with Crippen LogP contribution in [0.1, 0.15) is 22.3 Å². The van der Waals surface area contributed by atoms with Crippen LogP contribution in [0.4, 0.5) is 4.39 Å². The van der Waals surface area contributed by atoms with Crippen molar-refractivity contribution in [2.45, 2.75) is 18.9 Å². The quantitative estimate of drug-likeness (QED) is 0.828. The van der Waals surface area contributed by atoms with Gasteiger partial charge < -0.3 is 15.7 Å². The van der Waals surface area contributed by atoms with Crippen LogP contribution in [-0.4, -0.2) is 40.5 Å². The Kier molecular flexibility index (Phi) is 3.28. The fourth-order valence-corrected chi connectivity index (χ4v) is 2.15. The maximum atomic E-state index is 13.6. The van der Waals surface area contributed by atoms with Crippen molar-refractivity contribution in [2.75, 3.05) is 13.1 Å². The number of hydrogen-bond acceptors (Lipinski definition) is 3. The molecule has 1 aliphatic rings. The van der Waals surface area contributed by atoms with E-state index in [2.05, 4.69) is 0 Å². The van der Waals surface area contributed by atoms with E-state index < -0.39 is 23.2 Å². The van der Waals surface area contributed by atoms with Crippen LogP contribution in [0.5, 0.6) is 0 Å². The average molecular weight is 266 g/mol. The van der Waals surface area contributed by atoms with Gasteiger partial charge in [-0.2, -0.15) is 0 Å². The second kappa shape index (κ2) is 4.62. The van der Waals surface area contributed by atoms with Crippen molar-refractivity contribution in [1.29, 1.82) is 0 Å². The molecule has 0 radical (unpaired) electrons. The predicted octanol–water partition coefficient (Wildman–Crippen LogP) is 0.762. The maximum absolute atomic E-state index is 13.6. The number of hydrogen-bond donors (Lipinski definition) is 2. The first-order chi connectivity index (χ1) is 8.83. The highest BCUT2D eigenvalue weighted by Gasteiger charge is 2.43. The minimum atomic E-state index is -1.43. The Morgan fingerprint density at radius 2 is 2.16 bits per heavy atom. The number of nitrogens with zero attached hydrogens (tertiary/aromatic N) is 1. The Bertz CT molecular complexity index is 547. The normalized spacial score (nSPS) is 22.6. The molecule has 1 fully saturated rings. The molecule has 0 aliphatic carbocycles. The number of carbonyl (C=O) groups is 2. The van der Waals surface area contributed by atoms with Gasteiger partial charge in [-0.1, -0.05) is 11.6 Å². The molecule has 1 unspecified atom stereocenters. The van der Waals surface area contributed by atoms with Gasteiger partial charge in [-0.25, -0.2) is 4.39 Å². The van der Waals surface area contributed by atoms with Gasteiger partial charge in [0.15, 0.2) is 0 Å². The number of benzene rings is 1. The topological polar surface area (TPSA) is 83.6 Å². The molecule has 0 aromatic heterocycles. The summed E-state index contributed by atoms with van der Waals surface area (Å²) >= 11 is 0. The predicted molar refractivity (Wildman–Crippen MR) is 66.2 cm³/mol. The van der Waals surface area contributed by atoms with Crippen molar-refractivity contribution in [3.05, 3.63) is 35.1 Å². The van der Waals surface area contributed by atoms with Crippen LogP contribution in [0.25, 0.3) is 0 Å². The van der Waals surface area contributed by atoms with E-state index in [1.54, 1.807) is 13.0 Å². The minimum absolute atomic E-state index is 0.0466. The molecule has 0 spiro atoms. The zero-order valence-corrected chi connectivity index (χ0v) is 10.5. The van der Waals surface area contributed by atoms with E-state index in [9.17, 15) is 14.0 Å². The van der Waals surface area contributed by atoms with Gasteiger partial charge in [-0.3, -0.25) is 9.59 Å². The average Bonchev–Trinajstić information content (AvgIpc) is 2.76. The summed E-state index contributed by atoms with van der Waals surface area (Å²) in [6, 6.07) is 4.25. The summed E-state index contributed by atoms with van der Waals surface area (Å²) in [5.74, 6) is -2.28. The molecule has 102 valence electrons. The number of aliphatic carboxylic acids is 1. The van der Waals surface area contributed by atoms with Crippen molar-refractivity contribution in [2.24, 2.45) is 5.73 Å². The summed E-state index contributed by atoms with van der Waals surface area (Å²) in [6.45, 7) is 1.87. The smallest absolute Gasteiger partial charge is 0.325 e. The maximum Gasteiger partial charge on any atom is 0.325 e. The fourth-order valence-electron chi connectivity index (χ4n) is 2.15. The third-order valence-electron chi connectivity index (χ3n) is 3.37. The molecule has 6 heteroatoms. The molecule has 19 heavy (non-hydrogen) atoms. The van der Waals surface area contributed by atoms with E-state index in [4.69, 9.17) is 10.8 Å². The van der Waals surface area contributed by atoms with Gasteiger partial charge >= 0.3 is 5.97 Å². The summed E-state index contributed by atoms with van der Waals surface area (Å²) in [6.07, 6.45) is 0.168. The van der Waals surface area contributed by atoms with Crippen LogP contribution in [0.15, 0.2) is 18.2 Å². The third kappa shape index (κ3) is 2.44. The Hall–Kier alpha value is -1.95. The van der Waals surface area contributed by atoms with Gasteiger partial charge in [0, 0.05) is 13.1 Å². The molecule has 1 saturated heterocycles. The highest BCUT2D eigenvalue weighted by Crippen LogP contribution is 2.22. The third-order valence-corrected chi connectivity index (χ3v) is 3.37.